The third-order valence-electron chi connectivity index (χ3n) is 5.86. The summed E-state index contributed by atoms with van der Waals surface area (Å²) in [6.07, 6.45) is 3.51. The predicted octanol–water partition coefficient (Wildman–Crippen LogP) is 3.86. The molecule has 2 atom stereocenters. The van der Waals surface area contributed by atoms with Gasteiger partial charge in [0.15, 0.2) is 0 Å². The lowest BCUT2D eigenvalue weighted by molar-refractivity contribution is -0.126. The van der Waals surface area contributed by atoms with Crippen LogP contribution in [0.5, 0.6) is 0 Å². The van der Waals surface area contributed by atoms with E-state index in [1.54, 1.807) is 4.90 Å². The number of hydrogen-bond donors (Lipinski definition) is 3. The van der Waals surface area contributed by atoms with Gasteiger partial charge in [0.1, 0.15) is 0 Å². The number of primary amides is 1. The standard InChI is InChI=1S/C23H25ClN4O2/c24-20-9-3-1-7-16(20)18(19-12-26-21-10-4-2-8-17(19)21)13-27-22(29)15-6-5-11-28(14-15)23(25)30/h1-4,7-10,12,15,18,26H,5-6,11,13-14H2,(H2,25,30)(H,27,29)/t15-,18+/m0/s1. The second-order valence-corrected chi connectivity index (χ2v) is 8.14. The van der Waals surface area contributed by atoms with Crippen LogP contribution >= 0.6 is 11.6 Å². The Labute approximate surface area is 180 Å². The Hall–Kier alpha value is -2.99. The topological polar surface area (TPSA) is 91.2 Å². The van der Waals surface area contributed by atoms with Crippen LogP contribution in [-0.4, -0.2) is 41.5 Å². The Morgan fingerprint density at radius 2 is 1.93 bits per heavy atom. The largest absolute Gasteiger partial charge is 0.361 e. The summed E-state index contributed by atoms with van der Waals surface area (Å²) in [4.78, 5) is 29.2. The normalized spacial score (nSPS) is 17.6. The Morgan fingerprint density at radius 3 is 2.73 bits per heavy atom. The third kappa shape index (κ3) is 4.14. The molecule has 1 saturated heterocycles. The lowest BCUT2D eigenvalue weighted by Gasteiger charge is -2.31. The maximum absolute atomic E-state index is 12.9. The quantitative estimate of drug-likeness (QED) is 0.580. The van der Waals surface area contributed by atoms with Crippen LogP contribution in [0.25, 0.3) is 10.9 Å². The number of urea groups is 1. The van der Waals surface area contributed by atoms with Crippen molar-refractivity contribution >= 4 is 34.4 Å². The number of nitrogens with one attached hydrogen (secondary N) is 2. The minimum Gasteiger partial charge on any atom is -0.361 e. The number of H-pyrrole nitrogens is 1. The number of amides is 3. The number of rotatable bonds is 5. The molecule has 6 nitrogen and oxygen atoms in total. The van der Waals surface area contributed by atoms with Crippen molar-refractivity contribution in [1.82, 2.24) is 15.2 Å². The monoisotopic (exact) mass is 424 g/mol. The number of fused-ring (bicyclic) bond motifs is 1. The van der Waals surface area contributed by atoms with Gasteiger partial charge < -0.3 is 20.9 Å². The SMILES string of the molecule is NC(=O)N1CCC[C@H](C(=O)NC[C@H](c2ccccc2Cl)c2c[nH]c3ccccc23)C1. The van der Waals surface area contributed by atoms with Gasteiger partial charge in [-0.3, -0.25) is 4.79 Å². The van der Waals surface area contributed by atoms with Crippen molar-refractivity contribution in [2.24, 2.45) is 11.7 Å². The van der Waals surface area contributed by atoms with Crippen molar-refractivity contribution in [3.05, 3.63) is 70.9 Å². The molecule has 2 aromatic carbocycles. The molecule has 4 rings (SSSR count). The first-order valence-corrected chi connectivity index (χ1v) is 10.5. The summed E-state index contributed by atoms with van der Waals surface area (Å²) in [6.45, 7) is 1.39. The summed E-state index contributed by atoms with van der Waals surface area (Å²) in [5.41, 5.74) is 8.49. The molecular formula is C23H25ClN4O2. The van der Waals surface area contributed by atoms with E-state index in [0.29, 0.717) is 24.7 Å². The lowest BCUT2D eigenvalue weighted by atomic mass is 9.90. The predicted molar refractivity (Wildman–Crippen MR) is 118 cm³/mol. The molecule has 2 heterocycles. The second kappa shape index (κ2) is 8.79. The van der Waals surface area contributed by atoms with Gasteiger partial charge in [-0.25, -0.2) is 4.79 Å². The molecule has 7 heteroatoms. The van der Waals surface area contributed by atoms with Crippen LogP contribution in [-0.2, 0) is 4.79 Å². The number of nitrogens with two attached hydrogens (primary N) is 1. The molecule has 156 valence electrons. The van der Waals surface area contributed by atoms with E-state index in [1.165, 1.54) is 0 Å². The van der Waals surface area contributed by atoms with Crippen LogP contribution in [0.1, 0.15) is 29.9 Å². The number of carbonyl (C=O) groups is 2. The molecule has 0 bridgehead atoms. The van der Waals surface area contributed by atoms with Crippen molar-refractivity contribution in [2.45, 2.75) is 18.8 Å². The van der Waals surface area contributed by atoms with E-state index in [9.17, 15) is 9.59 Å². The molecule has 30 heavy (non-hydrogen) atoms. The van der Waals surface area contributed by atoms with Crippen LogP contribution in [0.15, 0.2) is 54.7 Å². The molecule has 0 unspecified atom stereocenters. The number of benzene rings is 2. The number of hydrogen-bond acceptors (Lipinski definition) is 2. The number of aromatic nitrogens is 1. The van der Waals surface area contributed by atoms with Gasteiger partial charge in [0.2, 0.25) is 5.91 Å². The van der Waals surface area contributed by atoms with Gasteiger partial charge in [0, 0.05) is 47.7 Å². The summed E-state index contributed by atoms with van der Waals surface area (Å²) in [5, 5.41) is 4.87. The first-order chi connectivity index (χ1) is 14.5. The van der Waals surface area contributed by atoms with E-state index in [4.69, 9.17) is 17.3 Å². The Kier molecular flexibility index (Phi) is 5.95. The zero-order valence-corrected chi connectivity index (χ0v) is 17.4. The van der Waals surface area contributed by atoms with Gasteiger partial charge in [0.05, 0.1) is 5.92 Å². The summed E-state index contributed by atoms with van der Waals surface area (Å²) >= 11 is 6.52. The van der Waals surface area contributed by atoms with Crippen LogP contribution < -0.4 is 11.1 Å². The number of para-hydroxylation sites is 1. The number of nitrogens with zero attached hydrogens (tertiary/aromatic N) is 1. The summed E-state index contributed by atoms with van der Waals surface area (Å²) in [6, 6.07) is 15.3. The molecule has 3 amide bonds. The van der Waals surface area contributed by atoms with E-state index in [1.807, 2.05) is 48.7 Å². The van der Waals surface area contributed by atoms with Gasteiger partial charge in [-0.15, -0.1) is 0 Å². The maximum Gasteiger partial charge on any atom is 0.314 e. The Bertz CT molecular complexity index is 1060. The van der Waals surface area contributed by atoms with Crippen molar-refractivity contribution in [1.29, 1.82) is 0 Å². The molecule has 3 aromatic rings. The highest BCUT2D eigenvalue weighted by molar-refractivity contribution is 6.31. The van der Waals surface area contributed by atoms with Crippen LogP contribution in [0, 0.1) is 5.92 Å². The third-order valence-corrected chi connectivity index (χ3v) is 6.21. The molecule has 0 spiro atoms. The van der Waals surface area contributed by atoms with Gasteiger partial charge in [-0.2, -0.15) is 0 Å². The highest BCUT2D eigenvalue weighted by atomic mass is 35.5. The van der Waals surface area contributed by atoms with Crippen molar-refractivity contribution in [2.75, 3.05) is 19.6 Å². The second-order valence-electron chi connectivity index (χ2n) is 7.73. The number of piperidine rings is 1. The number of aromatic amines is 1. The summed E-state index contributed by atoms with van der Waals surface area (Å²) < 4.78 is 0. The molecule has 1 aromatic heterocycles. The molecule has 1 aliphatic heterocycles. The van der Waals surface area contributed by atoms with E-state index in [0.717, 1.165) is 34.9 Å². The highest BCUT2D eigenvalue weighted by Gasteiger charge is 2.28. The fourth-order valence-electron chi connectivity index (χ4n) is 4.27. The Balaban J connectivity index is 1.57. The molecule has 1 aliphatic rings. The number of likely N-dealkylation sites (tertiary alicyclic amines) is 1. The molecule has 0 saturated carbocycles. The van der Waals surface area contributed by atoms with E-state index in [2.05, 4.69) is 16.4 Å². The first kappa shape index (κ1) is 20.3. The molecule has 0 aliphatic carbocycles. The average molecular weight is 425 g/mol. The first-order valence-electron chi connectivity index (χ1n) is 10.2. The number of carbonyl (C=O) groups excluding carboxylic acids is 2. The fraction of sp³-hybridized carbons (Fsp3) is 0.304. The van der Waals surface area contributed by atoms with Crippen LogP contribution in [0.3, 0.4) is 0 Å². The Morgan fingerprint density at radius 1 is 1.17 bits per heavy atom. The smallest absolute Gasteiger partial charge is 0.314 e. The van der Waals surface area contributed by atoms with Crippen molar-refractivity contribution < 1.29 is 9.59 Å². The van der Waals surface area contributed by atoms with Crippen molar-refractivity contribution in [3.8, 4) is 0 Å². The highest BCUT2D eigenvalue weighted by Crippen LogP contribution is 2.34. The lowest BCUT2D eigenvalue weighted by Crippen LogP contribution is -2.47. The van der Waals surface area contributed by atoms with Gasteiger partial charge in [-0.1, -0.05) is 48.0 Å². The average Bonchev–Trinajstić information content (AvgIpc) is 3.19. The van der Waals surface area contributed by atoms with Crippen molar-refractivity contribution in [3.63, 3.8) is 0 Å². The van der Waals surface area contributed by atoms with Gasteiger partial charge in [-0.05, 0) is 36.1 Å². The number of halogens is 1. The molecule has 0 radical (unpaired) electrons. The minimum absolute atomic E-state index is 0.0576. The molecule has 4 N–H and O–H groups in total. The maximum atomic E-state index is 12.9. The minimum atomic E-state index is -0.472. The summed E-state index contributed by atoms with van der Waals surface area (Å²) in [5.74, 6) is -0.409. The van der Waals surface area contributed by atoms with Gasteiger partial charge >= 0.3 is 6.03 Å². The summed E-state index contributed by atoms with van der Waals surface area (Å²) in [7, 11) is 0. The molecular weight excluding hydrogens is 400 g/mol. The van der Waals surface area contributed by atoms with E-state index in [-0.39, 0.29) is 17.7 Å². The molecule has 1 fully saturated rings. The van der Waals surface area contributed by atoms with Gasteiger partial charge in [0.25, 0.3) is 0 Å². The van der Waals surface area contributed by atoms with E-state index >= 15 is 0 Å². The zero-order valence-electron chi connectivity index (χ0n) is 16.6. The van der Waals surface area contributed by atoms with Crippen LogP contribution in [0.4, 0.5) is 4.79 Å². The zero-order chi connectivity index (χ0) is 21.1. The fourth-order valence-corrected chi connectivity index (χ4v) is 4.53. The van der Waals surface area contributed by atoms with Crippen LogP contribution in [0.2, 0.25) is 5.02 Å². The van der Waals surface area contributed by atoms with E-state index < -0.39 is 6.03 Å².